The molecule has 0 aromatic heterocycles. The third kappa shape index (κ3) is 2.17. The number of ether oxygens (including phenoxy) is 1. The van der Waals surface area contributed by atoms with Crippen molar-refractivity contribution in [1.29, 1.82) is 0 Å². The molecule has 1 aliphatic rings. The van der Waals surface area contributed by atoms with Gasteiger partial charge in [0.15, 0.2) is 0 Å². The molecule has 4 nitrogen and oxygen atoms in total. The number of amides is 1. The van der Waals surface area contributed by atoms with E-state index >= 15 is 0 Å². The van der Waals surface area contributed by atoms with E-state index in [4.69, 9.17) is 16.2 Å². The maximum atomic E-state index is 11.2. The van der Waals surface area contributed by atoms with Crippen LogP contribution in [-0.4, -0.2) is 18.1 Å². The normalized spacial score (nSPS) is 23.6. The average molecular weight is 220 g/mol. The van der Waals surface area contributed by atoms with Crippen LogP contribution in [0.1, 0.15) is 28.8 Å². The predicted octanol–water partition coefficient (Wildman–Crippen LogP) is 0.962. The van der Waals surface area contributed by atoms with Gasteiger partial charge in [0, 0.05) is 6.04 Å². The molecule has 1 amide bonds. The van der Waals surface area contributed by atoms with Crippen molar-refractivity contribution in [3.63, 3.8) is 0 Å². The second kappa shape index (κ2) is 4.14. The molecule has 16 heavy (non-hydrogen) atoms. The van der Waals surface area contributed by atoms with Crippen molar-refractivity contribution < 1.29 is 9.53 Å². The molecule has 0 heterocycles. The molecule has 0 unspecified atom stereocenters. The van der Waals surface area contributed by atoms with Crippen LogP contribution in [0.4, 0.5) is 0 Å². The minimum Gasteiger partial charge on any atom is -0.489 e. The average Bonchev–Trinajstić information content (AvgIpc) is 2.15. The molecule has 4 heteroatoms. The monoisotopic (exact) mass is 220 g/mol. The Hall–Kier alpha value is -1.55. The fourth-order valence-electron chi connectivity index (χ4n) is 1.81. The molecule has 0 aliphatic heterocycles. The van der Waals surface area contributed by atoms with Crippen molar-refractivity contribution in [3.8, 4) is 5.75 Å². The summed E-state index contributed by atoms with van der Waals surface area (Å²) < 4.78 is 5.71. The Kier molecular flexibility index (Phi) is 2.83. The van der Waals surface area contributed by atoms with E-state index in [2.05, 4.69) is 0 Å². The summed E-state index contributed by atoms with van der Waals surface area (Å²) in [5.74, 6) is 0.114. The van der Waals surface area contributed by atoms with Gasteiger partial charge in [0.25, 0.3) is 5.91 Å². The Morgan fingerprint density at radius 1 is 1.44 bits per heavy atom. The van der Waals surface area contributed by atoms with Crippen LogP contribution >= 0.6 is 0 Å². The molecule has 0 atom stereocenters. The van der Waals surface area contributed by atoms with Crippen LogP contribution in [0.15, 0.2) is 18.2 Å². The molecule has 1 fully saturated rings. The summed E-state index contributed by atoms with van der Waals surface area (Å²) in [4.78, 5) is 11.2. The molecule has 86 valence electrons. The quantitative estimate of drug-likeness (QED) is 0.796. The van der Waals surface area contributed by atoms with Gasteiger partial charge in [-0.05, 0) is 37.5 Å². The zero-order valence-electron chi connectivity index (χ0n) is 9.27. The predicted molar refractivity (Wildman–Crippen MR) is 61.3 cm³/mol. The van der Waals surface area contributed by atoms with E-state index in [9.17, 15) is 4.79 Å². The van der Waals surface area contributed by atoms with E-state index in [1.165, 1.54) is 0 Å². The summed E-state index contributed by atoms with van der Waals surface area (Å²) in [6.07, 6.45) is 1.80. The van der Waals surface area contributed by atoms with Crippen molar-refractivity contribution in [2.24, 2.45) is 11.5 Å². The lowest BCUT2D eigenvalue weighted by Crippen LogP contribution is -2.43. The van der Waals surface area contributed by atoms with Crippen LogP contribution in [0.2, 0.25) is 0 Å². The van der Waals surface area contributed by atoms with E-state index in [0.717, 1.165) is 18.4 Å². The third-order valence-corrected chi connectivity index (χ3v) is 2.83. The van der Waals surface area contributed by atoms with E-state index in [1.54, 1.807) is 6.07 Å². The van der Waals surface area contributed by atoms with Gasteiger partial charge in [-0.2, -0.15) is 0 Å². The van der Waals surface area contributed by atoms with Crippen molar-refractivity contribution in [3.05, 3.63) is 29.3 Å². The summed E-state index contributed by atoms with van der Waals surface area (Å²) in [5, 5.41) is 0. The van der Waals surface area contributed by atoms with E-state index < -0.39 is 5.91 Å². The summed E-state index contributed by atoms with van der Waals surface area (Å²) in [6.45, 7) is 1.95. The van der Waals surface area contributed by atoms with E-state index in [1.807, 2.05) is 19.1 Å². The van der Waals surface area contributed by atoms with Gasteiger partial charge in [-0.15, -0.1) is 0 Å². The van der Waals surface area contributed by atoms with E-state index in [0.29, 0.717) is 11.3 Å². The first-order valence-electron chi connectivity index (χ1n) is 5.39. The van der Waals surface area contributed by atoms with Crippen LogP contribution in [0.25, 0.3) is 0 Å². The third-order valence-electron chi connectivity index (χ3n) is 2.83. The van der Waals surface area contributed by atoms with Crippen molar-refractivity contribution >= 4 is 5.91 Å². The van der Waals surface area contributed by atoms with Crippen LogP contribution in [0.3, 0.4) is 0 Å². The van der Waals surface area contributed by atoms with E-state index in [-0.39, 0.29) is 12.1 Å². The Balaban J connectivity index is 2.17. The van der Waals surface area contributed by atoms with Crippen LogP contribution in [0, 0.1) is 6.92 Å². The molecule has 4 N–H and O–H groups in total. The maximum Gasteiger partial charge on any atom is 0.252 e. The minimum absolute atomic E-state index is 0.120. The molecular weight excluding hydrogens is 204 g/mol. The molecule has 1 aromatic rings. The lowest BCUT2D eigenvalue weighted by molar-refractivity contribution is 0.0927. The maximum absolute atomic E-state index is 11.2. The molecule has 0 spiro atoms. The number of rotatable bonds is 3. The lowest BCUT2D eigenvalue weighted by atomic mass is 9.90. The SMILES string of the molecule is Cc1ccc(C(N)=O)c(OC2CC(N)C2)c1. The number of hydrogen-bond donors (Lipinski definition) is 2. The second-order valence-electron chi connectivity index (χ2n) is 4.34. The molecular formula is C12H16N2O2. The van der Waals surface area contributed by atoms with Gasteiger partial charge < -0.3 is 16.2 Å². The molecule has 2 rings (SSSR count). The Morgan fingerprint density at radius 2 is 2.12 bits per heavy atom. The topological polar surface area (TPSA) is 78.3 Å². The van der Waals surface area contributed by atoms with Gasteiger partial charge in [0.05, 0.1) is 5.56 Å². The molecule has 0 radical (unpaired) electrons. The van der Waals surface area contributed by atoms with Crippen LogP contribution < -0.4 is 16.2 Å². The standard InChI is InChI=1S/C12H16N2O2/c1-7-2-3-10(12(14)15)11(4-7)16-9-5-8(13)6-9/h2-4,8-9H,5-6,13H2,1H3,(H2,14,15). The Bertz CT molecular complexity index is 411. The van der Waals surface area contributed by atoms with Gasteiger partial charge in [-0.1, -0.05) is 6.07 Å². The number of nitrogens with two attached hydrogens (primary N) is 2. The fraction of sp³-hybridized carbons (Fsp3) is 0.417. The molecule has 1 aliphatic carbocycles. The first-order valence-corrected chi connectivity index (χ1v) is 5.39. The largest absolute Gasteiger partial charge is 0.489 e. The highest BCUT2D eigenvalue weighted by Crippen LogP contribution is 2.27. The van der Waals surface area contributed by atoms with Gasteiger partial charge in [-0.25, -0.2) is 0 Å². The number of carbonyl (C=O) groups is 1. The van der Waals surface area contributed by atoms with Crippen LogP contribution in [0.5, 0.6) is 5.75 Å². The number of aryl methyl sites for hydroxylation is 1. The van der Waals surface area contributed by atoms with Gasteiger partial charge in [0.2, 0.25) is 0 Å². The summed E-state index contributed by atoms with van der Waals surface area (Å²) in [6, 6.07) is 5.61. The first kappa shape index (κ1) is 11.0. The highest BCUT2D eigenvalue weighted by Gasteiger charge is 2.28. The fourth-order valence-corrected chi connectivity index (χ4v) is 1.81. The number of primary amides is 1. The highest BCUT2D eigenvalue weighted by atomic mass is 16.5. The zero-order valence-corrected chi connectivity index (χ0v) is 9.27. The second-order valence-corrected chi connectivity index (χ2v) is 4.34. The molecule has 1 aromatic carbocycles. The summed E-state index contributed by atoms with van der Waals surface area (Å²) >= 11 is 0. The number of benzene rings is 1. The highest BCUT2D eigenvalue weighted by molar-refractivity contribution is 5.95. The molecule has 0 bridgehead atoms. The lowest BCUT2D eigenvalue weighted by Gasteiger charge is -2.33. The summed E-state index contributed by atoms with van der Waals surface area (Å²) in [5.41, 5.74) is 12.4. The smallest absolute Gasteiger partial charge is 0.252 e. The molecule has 1 saturated carbocycles. The Labute approximate surface area is 94.6 Å². The number of carbonyl (C=O) groups excluding carboxylic acids is 1. The van der Waals surface area contributed by atoms with Gasteiger partial charge in [0.1, 0.15) is 11.9 Å². The van der Waals surface area contributed by atoms with Crippen molar-refractivity contribution in [2.45, 2.75) is 31.9 Å². The molecule has 0 saturated heterocycles. The minimum atomic E-state index is -0.460. The van der Waals surface area contributed by atoms with Gasteiger partial charge >= 0.3 is 0 Å². The van der Waals surface area contributed by atoms with Crippen LogP contribution in [-0.2, 0) is 0 Å². The van der Waals surface area contributed by atoms with Gasteiger partial charge in [-0.3, -0.25) is 4.79 Å². The zero-order chi connectivity index (χ0) is 11.7. The summed E-state index contributed by atoms with van der Waals surface area (Å²) in [7, 11) is 0. The van der Waals surface area contributed by atoms with Crippen molar-refractivity contribution in [2.75, 3.05) is 0 Å². The van der Waals surface area contributed by atoms with Crippen molar-refractivity contribution in [1.82, 2.24) is 0 Å². The Morgan fingerprint density at radius 3 is 2.69 bits per heavy atom. The first-order chi connectivity index (χ1) is 7.56. The number of hydrogen-bond acceptors (Lipinski definition) is 3.